The first-order chi connectivity index (χ1) is 17.8. The summed E-state index contributed by atoms with van der Waals surface area (Å²) < 4.78 is 5.37. The number of methoxy groups -OCH3 is 1. The van der Waals surface area contributed by atoms with Gasteiger partial charge in [-0.15, -0.1) is 0 Å². The average molecular weight is 500 g/mol. The molecule has 1 aliphatic carbocycles. The summed E-state index contributed by atoms with van der Waals surface area (Å²) in [5.74, 6) is -0.0629. The Labute approximate surface area is 214 Å². The van der Waals surface area contributed by atoms with Crippen molar-refractivity contribution in [2.75, 3.05) is 12.4 Å². The minimum Gasteiger partial charge on any atom is -0.496 e. The molecule has 3 unspecified atom stereocenters. The second-order valence-corrected chi connectivity index (χ2v) is 10.0. The summed E-state index contributed by atoms with van der Waals surface area (Å²) in [5.41, 5.74) is 1.62. The Kier molecular flexibility index (Phi) is 6.34. The van der Waals surface area contributed by atoms with Crippen LogP contribution < -0.4 is 20.7 Å². The van der Waals surface area contributed by atoms with Gasteiger partial charge in [0.15, 0.2) is 0 Å². The molecule has 0 saturated heterocycles. The number of rotatable bonds is 9. The van der Waals surface area contributed by atoms with Crippen molar-refractivity contribution in [2.24, 2.45) is 5.92 Å². The number of para-hydroxylation sites is 1. The maximum Gasteiger partial charge on any atom is 0.268 e. The van der Waals surface area contributed by atoms with Crippen LogP contribution in [-0.4, -0.2) is 41.9 Å². The quantitative estimate of drug-likeness (QED) is 0.358. The number of aromatic nitrogens is 1. The highest BCUT2D eigenvalue weighted by Crippen LogP contribution is 2.40. The molecule has 9 nitrogen and oxygen atoms in total. The summed E-state index contributed by atoms with van der Waals surface area (Å²) in [4.78, 5) is 42.3. The zero-order valence-corrected chi connectivity index (χ0v) is 20.8. The summed E-state index contributed by atoms with van der Waals surface area (Å²) in [6.45, 7) is 1.78. The van der Waals surface area contributed by atoms with E-state index in [0.29, 0.717) is 29.5 Å². The molecule has 2 aliphatic rings. The predicted octanol–water partition coefficient (Wildman–Crippen LogP) is 3.38. The molecule has 1 aliphatic heterocycles. The summed E-state index contributed by atoms with van der Waals surface area (Å²) >= 11 is 0. The highest BCUT2D eigenvalue weighted by atomic mass is 16.5. The maximum atomic E-state index is 13.3. The van der Waals surface area contributed by atoms with Gasteiger partial charge >= 0.3 is 0 Å². The second kappa shape index (κ2) is 9.62. The Morgan fingerprint density at radius 1 is 1.19 bits per heavy atom. The van der Waals surface area contributed by atoms with Gasteiger partial charge in [-0.3, -0.25) is 14.4 Å². The minimum absolute atomic E-state index is 0.115. The molecule has 2 heterocycles. The molecule has 0 bridgehead atoms. The van der Waals surface area contributed by atoms with Gasteiger partial charge in [-0.25, -0.2) is 0 Å². The summed E-state index contributed by atoms with van der Waals surface area (Å²) in [6.07, 6.45) is 2.60. The van der Waals surface area contributed by atoms with Crippen molar-refractivity contribution in [3.05, 3.63) is 59.8 Å². The molecule has 1 saturated carbocycles. The van der Waals surface area contributed by atoms with Crippen LogP contribution in [0.3, 0.4) is 0 Å². The number of carbonyl (C=O) groups is 3. The third kappa shape index (κ3) is 4.75. The standard InChI is InChI=1S/C28H29N5O4/c1-28(19-6-3-4-7-21(19)33-27(28)36)14-17(15-29)30-25(34)22(12-16-10-11-16)32-26(35)23-13-18-20(31-23)8-5-9-24(18)37-2/h3-9,13,16-17,22,31H,10-12,14H2,1-2H3,(H,30,34)(H,32,35)(H,33,36). The number of aromatic amines is 1. The second-order valence-electron chi connectivity index (χ2n) is 10.0. The van der Waals surface area contributed by atoms with E-state index in [4.69, 9.17) is 4.74 Å². The summed E-state index contributed by atoms with van der Waals surface area (Å²) in [5, 5.41) is 19.1. The fraction of sp³-hybridized carbons (Fsp3) is 0.357. The van der Waals surface area contributed by atoms with Gasteiger partial charge in [0.1, 0.15) is 23.5 Å². The number of hydrogen-bond donors (Lipinski definition) is 4. The van der Waals surface area contributed by atoms with E-state index < -0.39 is 29.3 Å². The number of nitrogens with one attached hydrogen (secondary N) is 4. The number of nitrogens with zero attached hydrogens (tertiary/aromatic N) is 1. The van der Waals surface area contributed by atoms with Gasteiger partial charge in [-0.1, -0.05) is 37.1 Å². The van der Waals surface area contributed by atoms with Gasteiger partial charge in [0.2, 0.25) is 11.8 Å². The van der Waals surface area contributed by atoms with Gasteiger partial charge < -0.3 is 25.7 Å². The Morgan fingerprint density at radius 3 is 2.70 bits per heavy atom. The number of ether oxygens (including phenoxy) is 1. The van der Waals surface area contributed by atoms with Gasteiger partial charge in [0.25, 0.3) is 5.91 Å². The topological polar surface area (TPSA) is 136 Å². The molecule has 1 fully saturated rings. The van der Waals surface area contributed by atoms with Crippen LogP contribution in [0.25, 0.3) is 10.9 Å². The molecule has 0 spiro atoms. The zero-order valence-electron chi connectivity index (χ0n) is 20.8. The molecular weight excluding hydrogens is 470 g/mol. The van der Waals surface area contributed by atoms with E-state index in [1.165, 1.54) is 0 Å². The molecule has 3 amide bonds. The van der Waals surface area contributed by atoms with Crippen molar-refractivity contribution in [2.45, 2.75) is 50.1 Å². The van der Waals surface area contributed by atoms with Crippen LogP contribution >= 0.6 is 0 Å². The lowest BCUT2D eigenvalue weighted by Gasteiger charge is -2.26. The van der Waals surface area contributed by atoms with E-state index in [-0.39, 0.29) is 12.3 Å². The molecule has 9 heteroatoms. The molecule has 0 radical (unpaired) electrons. The summed E-state index contributed by atoms with van der Waals surface area (Å²) in [6, 6.07) is 15.0. The van der Waals surface area contributed by atoms with Crippen LogP contribution in [0.1, 0.15) is 48.7 Å². The molecule has 2 aromatic carbocycles. The molecule has 1 aromatic heterocycles. The van der Waals surface area contributed by atoms with Crippen LogP contribution in [0.4, 0.5) is 5.69 Å². The SMILES string of the molecule is COc1cccc2[nH]c(C(=O)NC(CC3CC3)C(=O)NC(C#N)CC3(C)C(=O)Nc4ccccc43)cc12. The van der Waals surface area contributed by atoms with Crippen molar-refractivity contribution in [3.8, 4) is 11.8 Å². The van der Waals surface area contributed by atoms with E-state index in [0.717, 1.165) is 29.3 Å². The van der Waals surface area contributed by atoms with Crippen molar-refractivity contribution >= 4 is 34.3 Å². The predicted molar refractivity (Wildman–Crippen MR) is 138 cm³/mol. The number of benzene rings is 2. The van der Waals surface area contributed by atoms with Gasteiger partial charge in [0.05, 0.1) is 18.6 Å². The monoisotopic (exact) mass is 499 g/mol. The molecular formula is C28H29N5O4. The number of nitriles is 1. The highest BCUT2D eigenvalue weighted by molar-refractivity contribution is 6.06. The Morgan fingerprint density at radius 2 is 1.97 bits per heavy atom. The third-order valence-corrected chi connectivity index (χ3v) is 7.33. The summed E-state index contributed by atoms with van der Waals surface area (Å²) in [7, 11) is 1.57. The molecule has 3 atom stereocenters. The highest BCUT2D eigenvalue weighted by Gasteiger charge is 2.44. The zero-order chi connectivity index (χ0) is 26.2. The van der Waals surface area contributed by atoms with Crippen molar-refractivity contribution < 1.29 is 19.1 Å². The fourth-order valence-corrected chi connectivity index (χ4v) is 5.05. The number of carbonyl (C=O) groups excluding carboxylic acids is 3. The third-order valence-electron chi connectivity index (χ3n) is 7.33. The lowest BCUT2D eigenvalue weighted by molar-refractivity contribution is -0.125. The molecule has 5 rings (SSSR count). The van der Waals surface area contributed by atoms with E-state index >= 15 is 0 Å². The Bertz CT molecular complexity index is 1420. The van der Waals surface area contributed by atoms with Crippen molar-refractivity contribution in [3.63, 3.8) is 0 Å². The van der Waals surface area contributed by atoms with Crippen LogP contribution in [0.2, 0.25) is 0 Å². The van der Waals surface area contributed by atoms with Gasteiger partial charge in [-0.05, 0) is 55.5 Å². The maximum absolute atomic E-state index is 13.3. The molecule has 4 N–H and O–H groups in total. The smallest absolute Gasteiger partial charge is 0.268 e. The van der Waals surface area contributed by atoms with Crippen LogP contribution in [0.5, 0.6) is 5.75 Å². The first-order valence-corrected chi connectivity index (χ1v) is 12.4. The number of anilines is 1. The van der Waals surface area contributed by atoms with Crippen LogP contribution in [0, 0.1) is 17.2 Å². The Balaban J connectivity index is 1.31. The van der Waals surface area contributed by atoms with Crippen molar-refractivity contribution in [1.29, 1.82) is 5.26 Å². The number of hydrogen-bond acceptors (Lipinski definition) is 5. The van der Waals surface area contributed by atoms with Gasteiger partial charge in [-0.2, -0.15) is 5.26 Å². The first kappa shape index (κ1) is 24.4. The van der Waals surface area contributed by atoms with E-state index in [1.807, 2.05) is 42.5 Å². The van der Waals surface area contributed by atoms with Crippen LogP contribution in [-0.2, 0) is 15.0 Å². The number of amides is 3. The van der Waals surface area contributed by atoms with Gasteiger partial charge in [0, 0.05) is 16.6 Å². The lowest BCUT2D eigenvalue weighted by atomic mass is 9.78. The normalized spacial score (nSPS) is 19.9. The van der Waals surface area contributed by atoms with E-state index in [9.17, 15) is 19.6 Å². The van der Waals surface area contributed by atoms with E-state index in [2.05, 4.69) is 27.0 Å². The number of H-pyrrole nitrogens is 1. The minimum atomic E-state index is -0.955. The van der Waals surface area contributed by atoms with E-state index in [1.54, 1.807) is 20.1 Å². The molecule has 37 heavy (non-hydrogen) atoms. The Hall–Kier alpha value is -4.32. The average Bonchev–Trinajstić information content (AvgIpc) is 3.54. The van der Waals surface area contributed by atoms with Crippen molar-refractivity contribution in [1.82, 2.24) is 15.6 Å². The first-order valence-electron chi connectivity index (χ1n) is 12.4. The lowest BCUT2D eigenvalue weighted by Crippen LogP contribution is -2.51. The number of fused-ring (bicyclic) bond motifs is 2. The largest absolute Gasteiger partial charge is 0.496 e. The fourth-order valence-electron chi connectivity index (χ4n) is 5.05. The molecule has 190 valence electrons. The molecule has 3 aromatic rings. The van der Waals surface area contributed by atoms with Crippen LogP contribution in [0.15, 0.2) is 48.5 Å².